The lowest BCUT2D eigenvalue weighted by molar-refractivity contribution is 0.378. The van der Waals surface area contributed by atoms with Crippen LogP contribution in [-0.4, -0.2) is 36.0 Å². The molecular formula is C19H24N4O. The van der Waals surface area contributed by atoms with Gasteiger partial charge in [0.15, 0.2) is 5.96 Å². The number of nitrogens with zero attached hydrogens (tertiary/aromatic N) is 3. The standard InChI is InChI=1S/C19H24N4O/c1-3-20-19(22-13-15-8-10-21-18(12-15)24-2)23-11-9-16-6-4-5-7-17(16)14-23/h4-8,10,12H,3,9,11,13-14H2,1-2H3,(H,20,22). The first-order valence-electron chi connectivity index (χ1n) is 8.39. The Morgan fingerprint density at radius 3 is 2.92 bits per heavy atom. The summed E-state index contributed by atoms with van der Waals surface area (Å²) in [7, 11) is 1.63. The van der Waals surface area contributed by atoms with Crippen LogP contribution in [0, 0.1) is 0 Å². The van der Waals surface area contributed by atoms with Gasteiger partial charge in [-0.15, -0.1) is 0 Å². The second-order valence-electron chi connectivity index (χ2n) is 5.82. The van der Waals surface area contributed by atoms with Crippen molar-refractivity contribution in [1.82, 2.24) is 15.2 Å². The minimum atomic E-state index is 0.610. The van der Waals surface area contributed by atoms with Crippen LogP contribution in [0.15, 0.2) is 47.6 Å². The van der Waals surface area contributed by atoms with Crippen molar-refractivity contribution in [3.05, 3.63) is 59.3 Å². The van der Waals surface area contributed by atoms with E-state index in [2.05, 4.69) is 46.4 Å². The van der Waals surface area contributed by atoms with Gasteiger partial charge in [0.2, 0.25) is 5.88 Å². The molecule has 3 rings (SSSR count). The summed E-state index contributed by atoms with van der Waals surface area (Å²) in [6.07, 6.45) is 2.82. The van der Waals surface area contributed by atoms with Crippen molar-refractivity contribution >= 4 is 5.96 Å². The van der Waals surface area contributed by atoms with Gasteiger partial charge >= 0.3 is 0 Å². The Bertz CT molecular complexity index is 714. The summed E-state index contributed by atoms with van der Waals surface area (Å²) in [6.45, 7) is 5.46. The Labute approximate surface area is 143 Å². The highest BCUT2D eigenvalue weighted by Gasteiger charge is 2.18. The summed E-state index contributed by atoms with van der Waals surface area (Å²) >= 11 is 0. The molecule has 0 amide bonds. The molecule has 2 heterocycles. The molecule has 5 nitrogen and oxygen atoms in total. The quantitative estimate of drug-likeness (QED) is 0.694. The fourth-order valence-electron chi connectivity index (χ4n) is 2.93. The molecule has 1 aliphatic heterocycles. The van der Waals surface area contributed by atoms with E-state index in [9.17, 15) is 0 Å². The summed E-state index contributed by atoms with van der Waals surface area (Å²) in [5.74, 6) is 1.59. The zero-order valence-corrected chi connectivity index (χ0v) is 14.3. The average molecular weight is 324 g/mol. The van der Waals surface area contributed by atoms with E-state index < -0.39 is 0 Å². The molecule has 0 unspecified atom stereocenters. The number of fused-ring (bicyclic) bond motifs is 1. The number of guanidine groups is 1. The van der Waals surface area contributed by atoms with Crippen LogP contribution in [0.25, 0.3) is 0 Å². The Balaban J connectivity index is 1.74. The van der Waals surface area contributed by atoms with E-state index in [1.807, 2.05) is 12.1 Å². The Morgan fingerprint density at radius 2 is 2.12 bits per heavy atom. The lowest BCUT2D eigenvalue weighted by Crippen LogP contribution is -2.44. The largest absolute Gasteiger partial charge is 0.481 e. The van der Waals surface area contributed by atoms with Crippen molar-refractivity contribution in [3.8, 4) is 5.88 Å². The SMILES string of the molecule is CCNC(=NCc1ccnc(OC)c1)N1CCc2ccccc2C1. The third-order valence-corrected chi connectivity index (χ3v) is 4.18. The van der Waals surface area contributed by atoms with E-state index in [1.165, 1.54) is 11.1 Å². The average Bonchev–Trinajstić information content (AvgIpc) is 2.65. The van der Waals surface area contributed by atoms with Crippen molar-refractivity contribution in [3.63, 3.8) is 0 Å². The van der Waals surface area contributed by atoms with Gasteiger partial charge in [0, 0.05) is 31.9 Å². The Kier molecular flexibility index (Phi) is 5.31. The number of aromatic nitrogens is 1. The summed E-state index contributed by atoms with van der Waals surface area (Å²) in [5, 5.41) is 3.41. The molecule has 0 aliphatic carbocycles. The first-order chi connectivity index (χ1) is 11.8. The molecule has 1 aliphatic rings. The molecule has 24 heavy (non-hydrogen) atoms. The van der Waals surface area contributed by atoms with E-state index in [1.54, 1.807) is 13.3 Å². The number of methoxy groups -OCH3 is 1. The zero-order valence-electron chi connectivity index (χ0n) is 14.3. The molecule has 0 atom stereocenters. The highest BCUT2D eigenvalue weighted by atomic mass is 16.5. The van der Waals surface area contributed by atoms with Crippen LogP contribution in [0.2, 0.25) is 0 Å². The molecule has 0 saturated heterocycles. The Hall–Kier alpha value is -2.56. The maximum Gasteiger partial charge on any atom is 0.213 e. The monoisotopic (exact) mass is 324 g/mol. The Morgan fingerprint density at radius 1 is 1.29 bits per heavy atom. The lowest BCUT2D eigenvalue weighted by atomic mass is 10.0. The highest BCUT2D eigenvalue weighted by Crippen LogP contribution is 2.18. The van der Waals surface area contributed by atoms with Crippen LogP contribution in [-0.2, 0) is 19.5 Å². The molecular weight excluding hydrogens is 300 g/mol. The van der Waals surface area contributed by atoms with Gasteiger partial charge in [-0.05, 0) is 36.1 Å². The van der Waals surface area contributed by atoms with E-state index in [4.69, 9.17) is 9.73 Å². The number of hydrogen-bond donors (Lipinski definition) is 1. The fraction of sp³-hybridized carbons (Fsp3) is 0.368. The van der Waals surface area contributed by atoms with Crippen LogP contribution in [0.3, 0.4) is 0 Å². The third-order valence-electron chi connectivity index (χ3n) is 4.18. The van der Waals surface area contributed by atoms with Gasteiger partial charge in [0.25, 0.3) is 0 Å². The van der Waals surface area contributed by atoms with E-state index in [-0.39, 0.29) is 0 Å². The van der Waals surface area contributed by atoms with Gasteiger partial charge < -0.3 is 15.0 Å². The van der Waals surface area contributed by atoms with E-state index >= 15 is 0 Å². The summed E-state index contributed by atoms with van der Waals surface area (Å²) < 4.78 is 5.18. The second kappa shape index (κ2) is 7.81. The van der Waals surface area contributed by atoms with Crippen molar-refractivity contribution in [1.29, 1.82) is 0 Å². The minimum Gasteiger partial charge on any atom is -0.481 e. The van der Waals surface area contributed by atoms with Gasteiger partial charge in [0.1, 0.15) is 0 Å². The normalized spacial score (nSPS) is 14.2. The molecule has 0 spiro atoms. The van der Waals surface area contributed by atoms with Crippen LogP contribution >= 0.6 is 0 Å². The smallest absolute Gasteiger partial charge is 0.213 e. The first kappa shape index (κ1) is 16.3. The van der Waals surface area contributed by atoms with E-state index in [0.717, 1.165) is 37.6 Å². The number of pyridine rings is 1. The molecule has 5 heteroatoms. The second-order valence-corrected chi connectivity index (χ2v) is 5.82. The number of nitrogens with one attached hydrogen (secondary N) is 1. The molecule has 0 radical (unpaired) electrons. The van der Waals surface area contributed by atoms with Crippen LogP contribution in [0.4, 0.5) is 0 Å². The molecule has 1 N–H and O–H groups in total. The topological polar surface area (TPSA) is 49.8 Å². The van der Waals surface area contributed by atoms with Crippen molar-refractivity contribution < 1.29 is 4.74 Å². The number of rotatable bonds is 4. The van der Waals surface area contributed by atoms with Crippen LogP contribution < -0.4 is 10.1 Å². The van der Waals surface area contributed by atoms with Crippen LogP contribution in [0.5, 0.6) is 5.88 Å². The summed E-state index contributed by atoms with van der Waals surface area (Å²) in [6, 6.07) is 12.6. The number of aliphatic imine (C=N–C) groups is 1. The lowest BCUT2D eigenvalue weighted by Gasteiger charge is -2.31. The number of ether oxygens (including phenoxy) is 1. The van der Waals surface area contributed by atoms with Gasteiger partial charge in [-0.25, -0.2) is 9.98 Å². The predicted octanol–water partition coefficient (Wildman–Crippen LogP) is 2.61. The molecule has 0 saturated carbocycles. The van der Waals surface area contributed by atoms with Crippen molar-refractivity contribution in [2.24, 2.45) is 4.99 Å². The van der Waals surface area contributed by atoms with Crippen molar-refractivity contribution in [2.75, 3.05) is 20.2 Å². The first-order valence-corrected chi connectivity index (χ1v) is 8.39. The highest BCUT2D eigenvalue weighted by molar-refractivity contribution is 5.80. The minimum absolute atomic E-state index is 0.610. The molecule has 1 aromatic carbocycles. The molecule has 2 aromatic rings. The molecule has 0 fully saturated rings. The molecule has 1 aromatic heterocycles. The fourth-order valence-corrected chi connectivity index (χ4v) is 2.93. The maximum absolute atomic E-state index is 5.18. The zero-order chi connectivity index (χ0) is 16.8. The van der Waals surface area contributed by atoms with Gasteiger partial charge in [0.05, 0.1) is 13.7 Å². The van der Waals surface area contributed by atoms with E-state index in [0.29, 0.717) is 12.4 Å². The van der Waals surface area contributed by atoms with Crippen LogP contribution in [0.1, 0.15) is 23.6 Å². The van der Waals surface area contributed by atoms with Gasteiger partial charge in [-0.1, -0.05) is 24.3 Å². The molecule has 0 bridgehead atoms. The summed E-state index contributed by atoms with van der Waals surface area (Å²) in [4.78, 5) is 11.3. The number of benzene rings is 1. The van der Waals surface area contributed by atoms with Crippen molar-refractivity contribution in [2.45, 2.75) is 26.4 Å². The molecule has 126 valence electrons. The maximum atomic E-state index is 5.18. The van der Waals surface area contributed by atoms with Gasteiger partial charge in [-0.3, -0.25) is 0 Å². The predicted molar refractivity (Wildman–Crippen MR) is 96.2 cm³/mol. The third kappa shape index (κ3) is 3.85. The van der Waals surface area contributed by atoms with Gasteiger partial charge in [-0.2, -0.15) is 0 Å². The summed E-state index contributed by atoms with van der Waals surface area (Å²) in [5.41, 5.74) is 3.93. The number of hydrogen-bond acceptors (Lipinski definition) is 3.